The Morgan fingerprint density at radius 2 is 1.79 bits per heavy atom. The highest BCUT2D eigenvalue weighted by Crippen LogP contribution is 2.36. The van der Waals surface area contributed by atoms with Crippen molar-refractivity contribution in [3.8, 4) is 16.9 Å². The van der Waals surface area contributed by atoms with Gasteiger partial charge in [0.1, 0.15) is 11.9 Å². The SMILES string of the molecule is Nc1nc2cc(-c3ccc(F)c(OCCC(F)(F)C(O)c4ccc(F)cc4)c3F)ccn2n1. The maximum absolute atomic E-state index is 15.0. The average Bonchev–Trinajstić information content (AvgIpc) is 3.15. The third kappa shape index (κ3) is 4.58. The first-order chi connectivity index (χ1) is 15.7. The smallest absolute Gasteiger partial charge is 0.280 e. The maximum Gasteiger partial charge on any atom is 0.280 e. The predicted octanol–water partition coefficient (Wildman–Crippen LogP) is 4.53. The van der Waals surface area contributed by atoms with Gasteiger partial charge in [-0.25, -0.2) is 26.5 Å². The number of hydrogen-bond acceptors (Lipinski definition) is 5. The lowest BCUT2D eigenvalue weighted by molar-refractivity contribution is -0.121. The van der Waals surface area contributed by atoms with Gasteiger partial charge in [0.2, 0.25) is 5.95 Å². The number of nitrogen functional groups attached to an aromatic ring is 1. The maximum atomic E-state index is 15.0. The molecule has 4 aromatic rings. The Bertz CT molecular complexity index is 1290. The Labute approximate surface area is 184 Å². The van der Waals surface area contributed by atoms with E-state index in [1.807, 2.05) is 0 Å². The number of aromatic nitrogens is 3. The molecule has 2 heterocycles. The summed E-state index contributed by atoms with van der Waals surface area (Å²) in [6, 6.07) is 9.01. The van der Waals surface area contributed by atoms with E-state index < -0.39 is 48.3 Å². The topological polar surface area (TPSA) is 85.7 Å². The molecule has 0 saturated heterocycles. The van der Waals surface area contributed by atoms with Crippen molar-refractivity contribution < 1.29 is 31.8 Å². The molecule has 3 N–H and O–H groups in total. The van der Waals surface area contributed by atoms with E-state index in [2.05, 4.69) is 10.1 Å². The zero-order chi connectivity index (χ0) is 23.8. The molecule has 0 radical (unpaired) electrons. The summed E-state index contributed by atoms with van der Waals surface area (Å²) in [6.07, 6.45) is -1.81. The van der Waals surface area contributed by atoms with Crippen LogP contribution in [0.5, 0.6) is 5.75 Å². The second kappa shape index (κ2) is 8.66. The molecule has 0 bridgehead atoms. The van der Waals surface area contributed by atoms with Crippen molar-refractivity contribution in [3.63, 3.8) is 0 Å². The van der Waals surface area contributed by atoms with Crippen LogP contribution in [0.3, 0.4) is 0 Å². The Balaban J connectivity index is 1.51. The number of pyridine rings is 1. The quantitative estimate of drug-likeness (QED) is 0.393. The van der Waals surface area contributed by atoms with Gasteiger partial charge >= 0.3 is 0 Å². The van der Waals surface area contributed by atoms with Crippen LogP contribution in [0, 0.1) is 17.5 Å². The van der Waals surface area contributed by atoms with E-state index in [4.69, 9.17) is 10.5 Å². The number of hydrogen-bond donors (Lipinski definition) is 2. The lowest BCUT2D eigenvalue weighted by Gasteiger charge is -2.23. The molecule has 0 amide bonds. The van der Waals surface area contributed by atoms with Crippen molar-refractivity contribution in [2.24, 2.45) is 0 Å². The summed E-state index contributed by atoms with van der Waals surface area (Å²) in [5.74, 6) is -7.32. The minimum Gasteiger partial charge on any atom is -0.487 e. The van der Waals surface area contributed by atoms with E-state index in [1.54, 1.807) is 0 Å². The van der Waals surface area contributed by atoms with Crippen molar-refractivity contribution in [3.05, 3.63) is 77.7 Å². The number of anilines is 1. The van der Waals surface area contributed by atoms with Gasteiger partial charge in [0.05, 0.1) is 6.61 Å². The molecule has 0 saturated carbocycles. The lowest BCUT2D eigenvalue weighted by Crippen LogP contribution is -2.28. The van der Waals surface area contributed by atoms with Crippen molar-refractivity contribution in [1.29, 1.82) is 0 Å². The van der Waals surface area contributed by atoms with Crippen molar-refractivity contribution in [2.75, 3.05) is 12.3 Å². The number of alkyl halides is 2. The number of rotatable bonds is 7. The Kier molecular flexibility index (Phi) is 5.90. The number of aliphatic hydroxyl groups excluding tert-OH is 1. The predicted molar refractivity (Wildman–Crippen MR) is 109 cm³/mol. The minimum atomic E-state index is -3.69. The van der Waals surface area contributed by atoms with Crippen LogP contribution in [-0.2, 0) is 0 Å². The molecule has 4 rings (SSSR count). The summed E-state index contributed by atoms with van der Waals surface area (Å²) in [4.78, 5) is 3.97. The van der Waals surface area contributed by atoms with Crippen LogP contribution >= 0.6 is 0 Å². The zero-order valence-electron chi connectivity index (χ0n) is 16.9. The molecule has 0 aliphatic heterocycles. The second-order valence-electron chi connectivity index (χ2n) is 7.24. The van der Waals surface area contributed by atoms with Crippen molar-refractivity contribution in [1.82, 2.24) is 14.6 Å². The van der Waals surface area contributed by atoms with E-state index in [0.29, 0.717) is 11.2 Å². The van der Waals surface area contributed by atoms with Gasteiger partial charge in [-0.15, -0.1) is 5.10 Å². The summed E-state index contributed by atoms with van der Waals surface area (Å²) in [6.45, 7) is -0.789. The van der Waals surface area contributed by atoms with Gasteiger partial charge in [0.25, 0.3) is 5.92 Å². The molecule has 0 fully saturated rings. The van der Waals surface area contributed by atoms with Gasteiger partial charge in [-0.05, 0) is 47.5 Å². The number of aliphatic hydroxyl groups is 1. The number of nitrogens with two attached hydrogens (primary N) is 1. The third-order valence-electron chi connectivity index (χ3n) is 4.98. The van der Waals surface area contributed by atoms with Crippen LogP contribution in [0.15, 0.2) is 54.7 Å². The Morgan fingerprint density at radius 1 is 1.06 bits per heavy atom. The van der Waals surface area contributed by atoms with Gasteiger partial charge in [-0.1, -0.05) is 12.1 Å². The van der Waals surface area contributed by atoms with Gasteiger partial charge in [-0.2, -0.15) is 4.98 Å². The molecule has 0 aliphatic rings. The molecular weight excluding hydrogens is 447 g/mol. The Hall–Kier alpha value is -3.73. The summed E-state index contributed by atoms with van der Waals surface area (Å²) in [5, 5.41) is 13.8. The van der Waals surface area contributed by atoms with E-state index in [0.717, 1.165) is 30.3 Å². The van der Waals surface area contributed by atoms with E-state index >= 15 is 4.39 Å². The number of ether oxygens (including phenoxy) is 1. The molecule has 11 heteroatoms. The number of halogens is 5. The molecule has 172 valence electrons. The first-order valence-electron chi connectivity index (χ1n) is 9.70. The van der Waals surface area contributed by atoms with Crippen LogP contribution in [-0.4, -0.2) is 32.2 Å². The highest BCUT2D eigenvalue weighted by Gasteiger charge is 2.39. The van der Waals surface area contributed by atoms with Gasteiger partial charge < -0.3 is 15.6 Å². The van der Waals surface area contributed by atoms with Crippen molar-refractivity contribution >= 4 is 11.6 Å². The highest BCUT2D eigenvalue weighted by atomic mass is 19.3. The van der Waals surface area contributed by atoms with Crippen LogP contribution in [0.25, 0.3) is 16.8 Å². The molecule has 2 aromatic heterocycles. The monoisotopic (exact) mass is 464 g/mol. The van der Waals surface area contributed by atoms with E-state index in [-0.39, 0.29) is 17.1 Å². The number of fused-ring (bicyclic) bond motifs is 1. The van der Waals surface area contributed by atoms with Gasteiger partial charge in [0.15, 0.2) is 23.0 Å². The standard InChI is InChI=1S/C22H17F5N4O2/c23-14-3-1-12(2-4-14)20(32)22(26,27)8-10-33-19-16(24)6-5-15(18(19)25)13-7-9-31-17(11-13)29-21(28)30-31/h1-7,9,11,20,32H,8,10H2,(H2,28,30). The molecular formula is C22H17F5N4O2. The summed E-state index contributed by atoms with van der Waals surface area (Å²) in [5.41, 5.74) is 5.91. The van der Waals surface area contributed by atoms with Crippen LogP contribution in [0.2, 0.25) is 0 Å². The van der Waals surface area contributed by atoms with Crippen LogP contribution in [0.4, 0.5) is 27.9 Å². The fourth-order valence-electron chi connectivity index (χ4n) is 3.27. The van der Waals surface area contributed by atoms with E-state index in [9.17, 15) is 22.7 Å². The fraction of sp³-hybridized carbons (Fsp3) is 0.182. The average molecular weight is 464 g/mol. The summed E-state index contributed by atoms with van der Waals surface area (Å²) >= 11 is 0. The molecule has 1 atom stereocenters. The molecule has 33 heavy (non-hydrogen) atoms. The molecule has 1 unspecified atom stereocenters. The van der Waals surface area contributed by atoms with E-state index in [1.165, 1.54) is 28.9 Å². The Morgan fingerprint density at radius 3 is 2.52 bits per heavy atom. The first-order valence-corrected chi connectivity index (χ1v) is 9.70. The van der Waals surface area contributed by atoms with Crippen LogP contribution in [0.1, 0.15) is 18.1 Å². The molecule has 2 aromatic carbocycles. The molecule has 6 nitrogen and oxygen atoms in total. The second-order valence-corrected chi connectivity index (χ2v) is 7.24. The normalized spacial score (nSPS) is 12.8. The summed E-state index contributed by atoms with van der Waals surface area (Å²) < 4.78 is 77.3. The largest absolute Gasteiger partial charge is 0.487 e. The lowest BCUT2D eigenvalue weighted by atomic mass is 10.0. The number of nitrogens with zero attached hydrogens (tertiary/aromatic N) is 3. The molecule has 0 spiro atoms. The molecule has 0 aliphatic carbocycles. The van der Waals surface area contributed by atoms with Gasteiger partial charge in [-0.3, -0.25) is 0 Å². The summed E-state index contributed by atoms with van der Waals surface area (Å²) in [7, 11) is 0. The van der Waals surface area contributed by atoms with Crippen LogP contribution < -0.4 is 10.5 Å². The minimum absolute atomic E-state index is 0.0134. The zero-order valence-corrected chi connectivity index (χ0v) is 16.9. The van der Waals surface area contributed by atoms with Gasteiger partial charge in [0, 0.05) is 18.2 Å². The first kappa shape index (κ1) is 22.5. The third-order valence-corrected chi connectivity index (χ3v) is 4.98. The van der Waals surface area contributed by atoms with Crippen molar-refractivity contribution in [2.45, 2.75) is 18.4 Å². The fourth-order valence-corrected chi connectivity index (χ4v) is 3.27. The highest BCUT2D eigenvalue weighted by molar-refractivity contribution is 5.69. The number of benzene rings is 2.